The molecule has 5 heteroatoms. The molecule has 1 aliphatic rings. The average Bonchev–Trinajstić information content (AvgIpc) is 2.85. The lowest BCUT2D eigenvalue weighted by molar-refractivity contribution is -0.0372. The van der Waals surface area contributed by atoms with Gasteiger partial charge in [-0.25, -0.2) is 0 Å². The van der Waals surface area contributed by atoms with Gasteiger partial charge in [-0.2, -0.15) is 0 Å². The molecular formula is C27H29NO4. The van der Waals surface area contributed by atoms with E-state index in [0.717, 1.165) is 5.56 Å². The van der Waals surface area contributed by atoms with Crippen molar-refractivity contribution in [2.24, 2.45) is 0 Å². The van der Waals surface area contributed by atoms with E-state index >= 15 is 0 Å². The van der Waals surface area contributed by atoms with Gasteiger partial charge in [0.15, 0.2) is 5.78 Å². The van der Waals surface area contributed by atoms with Crippen molar-refractivity contribution in [2.75, 3.05) is 26.2 Å². The van der Waals surface area contributed by atoms with Crippen molar-refractivity contribution in [1.29, 1.82) is 0 Å². The van der Waals surface area contributed by atoms with Gasteiger partial charge in [0.05, 0.1) is 11.2 Å². The molecule has 1 aliphatic heterocycles. The Hall–Kier alpha value is -2.99. The third-order valence-electron chi connectivity index (χ3n) is 6.06. The van der Waals surface area contributed by atoms with Gasteiger partial charge in [0, 0.05) is 25.2 Å². The highest BCUT2D eigenvalue weighted by atomic mass is 16.5. The predicted octanol–water partition coefficient (Wildman–Crippen LogP) is 3.64. The highest BCUT2D eigenvalue weighted by Gasteiger charge is 2.34. The second-order valence-corrected chi connectivity index (χ2v) is 8.35. The van der Waals surface area contributed by atoms with Crippen LogP contribution in [0.25, 0.3) is 0 Å². The van der Waals surface area contributed by atoms with Crippen LogP contribution in [0, 0.1) is 0 Å². The molecule has 0 aromatic heterocycles. The summed E-state index contributed by atoms with van der Waals surface area (Å²) in [5, 5.41) is 21.5. The van der Waals surface area contributed by atoms with Gasteiger partial charge in [0.1, 0.15) is 18.5 Å². The molecule has 3 aromatic rings. The average molecular weight is 432 g/mol. The highest BCUT2D eigenvalue weighted by molar-refractivity contribution is 6.10. The summed E-state index contributed by atoms with van der Waals surface area (Å²) >= 11 is 0. The van der Waals surface area contributed by atoms with E-state index in [1.165, 1.54) is 0 Å². The Labute approximate surface area is 188 Å². The fourth-order valence-electron chi connectivity index (χ4n) is 4.20. The summed E-state index contributed by atoms with van der Waals surface area (Å²) in [6, 6.07) is 26.0. The third kappa shape index (κ3) is 5.25. The number of aliphatic hydroxyl groups excluding tert-OH is 1. The van der Waals surface area contributed by atoms with Crippen LogP contribution in [0.15, 0.2) is 84.9 Å². The summed E-state index contributed by atoms with van der Waals surface area (Å²) in [5.41, 5.74) is 1.22. The highest BCUT2D eigenvalue weighted by Crippen LogP contribution is 2.32. The molecule has 3 aromatic carbocycles. The van der Waals surface area contributed by atoms with E-state index in [0.29, 0.717) is 49.4 Å². The maximum absolute atomic E-state index is 12.8. The Kier molecular flexibility index (Phi) is 7.00. The molecule has 5 nitrogen and oxygen atoms in total. The Morgan fingerprint density at radius 1 is 0.906 bits per heavy atom. The van der Waals surface area contributed by atoms with E-state index in [1.54, 1.807) is 30.3 Å². The zero-order chi connectivity index (χ0) is 22.4. The second kappa shape index (κ2) is 10.1. The molecule has 166 valence electrons. The van der Waals surface area contributed by atoms with Gasteiger partial charge in [-0.05, 0) is 30.5 Å². The maximum atomic E-state index is 12.8. The van der Waals surface area contributed by atoms with Gasteiger partial charge in [-0.1, -0.05) is 72.8 Å². The maximum Gasteiger partial charge on any atom is 0.196 e. The number of rotatable bonds is 8. The summed E-state index contributed by atoms with van der Waals surface area (Å²) in [7, 11) is 0. The zero-order valence-electron chi connectivity index (χ0n) is 18.1. The number of nitrogens with zero attached hydrogens (tertiary/aromatic N) is 1. The van der Waals surface area contributed by atoms with Gasteiger partial charge >= 0.3 is 0 Å². The Morgan fingerprint density at radius 3 is 2.19 bits per heavy atom. The number of hydrogen-bond donors (Lipinski definition) is 2. The van der Waals surface area contributed by atoms with Crippen LogP contribution < -0.4 is 4.74 Å². The topological polar surface area (TPSA) is 70.0 Å². The number of aliphatic hydroxyl groups is 2. The first-order chi connectivity index (χ1) is 15.5. The first-order valence-electron chi connectivity index (χ1n) is 11.0. The molecule has 1 atom stereocenters. The largest absolute Gasteiger partial charge is 0.490 e. The summed E-state index contributed by atoms with van der Waals surface area (Å²) in [6.45, 7) is 1.95. The van der Waals surface area contributed by atoms with Gasteiger partial charge in [0.2, 0.25) is 0 Å². The number of ether oxygens (including phenoxy) is 1. The quantitative estimate of drug-likeness (QED) is 0.533. The fourth-order valence-corrected chi connectivity index (χ4v) is 4.20. The summed E-state index contributed by atoms with van der Waals surface area (Å²) in [4.78, 5) is 15.0. The molecule has 1 heterocycles. The Bertz CT molecular complexity index is 1010. The van der Waals surface area contributed by atoms with Crippen molar-refractivity contribution >= 4 is 5.78 Å². The summed E-state index contributed by atoms with van der Waals surface area (Å²) in [6.07, 6.45) is 0.552. The molecule has 2 N–H and O–H groups in total. The fraction of sp³-hybridized carbons (Fsp3) is 0.296. The number of piperidine rings is 1. The van der Waals surface area contributed by atoms with E-state index in [1.807, 2.05) is 54.6 Å². The van der Waals surface area contributed by atoms with Crippen molar-refractivity contribution in [1.82, 2.24) is 4.90 Å². The Morgan fingerprint density at radius 2 is 1.50 bits per heavy atom. The van der Waals surface area contributed by atoms with Gasteiger partial charge < -0.3 is 19.8 Å². The van der Waals surface area contributed by atoms with Gasteiger partial charge in [-0.3, -0.25) is 4.79 Å². The van der Waals surface area contributed by atoms with Crippen LogP contribution in [0.2, 0.25) is 0 Å². The molecule has 0 saturated carbocycles. The van der Waals surface area contributed by atoms with Gasteiger partial charge in [-0.15, -0.1) is 0 Å². The normalized spacial score (nSPS) is 16.9. The van der Waals surface area contributed by atoms with Crippen molar-refractivity contribution in [3.05, 3.63) is 102 Å². The van der Waals surface area contributed by atoms with Crippen LogP contribution in [0.5, 0.6) is 5.75 Å². The molecule has 1 fully saturated rings. The van der Waals surface area contributed by atoms with Crippen LogP contribution >= 0.6 is 0 Å². The predicted molar refractivity (Wildman–Crippen MR) is 124 cm³/mol. The van der Waals surface area contributed by atoms with Crippen molar-refractivity contribution in [2.45, 2.75) is 24.5 Å². The lowest BCUT2D eigenvalue weighted by Gasteiger charge is -2.39. The summed E-state index contributed by atoms with van der Waals surface area (Å²) < 4.78 is 5.85. The SMILES string of the molecule is O=C(c1ccccc1)c1ccccc1OC[C@H](O)CN1CCC(O)(c2ccccc2)CC1. The molecule has 0 amide bonds. The lowest BCUT2D eigenvalue weighted by atomic mass is 9.84. The number of carbonyl (C=O) groups excluding carboxylic acids is 1. The number of para-hydroxylation sites is 1. The van der Waals surface area contributed by atoms with Crippen molar-refractivity contribution in [3.8, 4) is 5.75 Å². The molecule has 0 aliphatic carbocycles. The monoisotopic (exact) mass is 431 g/mol. The number of β-amino-alcohol motifs (C(OH)–C–C–N with tert-alkyl or cyclic N) is 1. The van der Waals surface area contributed by atoms with Crippen LogP contribution in [0.4, 0.5) is 0 Å². The first-order valence-corrected chi connectivity index (χ1v) is 11.0. The standard InChI is InChI=1S/C27H29NO4/c29-23(19-28-17-15-27(31,16-18-28)22-11-5-2-6-12-22)20-32-25-14-8-7-13-24(25)26(30)21-9-3-1-4-10-21/h1-14,23,29,31H,15-20H2/t23-/m1/s1. The van der Waals surface area contributed by atoms with Crippen LogP contribution in [0.1, 0.15) is 34.3 Å². The zero-order valence-corrected chi connectivity index (χ0v) is 18.1. The minimum atomic E-state index is -0.810. The number of carbonyl (C=O) groups is 1. The minimum absolute atomic E-state index is 0.0958. The molecule has 0 bridgehead atoms. The lowest BCUT2D eigenvalue weighted by Crippen LogP contribution is -2.46. The molecule has 0 unspecified atom stereocenters. The number of hydrogen-bond acceptors (Lipinski definition) is 5. The van der Waals surface area contributed by atoms with Crippen LogP contribution in [-0.4, -0.2) is 53.2 Å². The van der Waals surface area contributed by atoms with Crippen molar-refractivity contribution in [3.63, 3.8) is 0 Å². The van der Waals surface area contributed by atoms with E-state index in [2.05, 4.69) is 4.90 Å². The molecule has 4 rings (SSSR count). The minimum Gasteiger partial charge on any atom is -0.490 e. The smallest absolute Gasteiger partial charge is 0.196 e. The van der Waals surface area contributed by atoms with Crippen LogP contribution in [0.3, 0.4) is 0 Å². The second-order valence-electron chi connectivity index (χ2n) is 8.35. The van der Waals surface area contributed by atoms with E-state index in [4.69, 9.17) is 4.74 Å². The third-order valence-corrected chi connectivity index (χ3v) is 6.06. The Balaban J connectivity index is 1.31. The molecular weight excluding hydrogens is 402 g/mol. The van der Waals surface area contributed by atoms with Crippen molar-refractivity contribution < 1.29 is 19.7 Å². The number of ketones is 1. The van der Waals surface area contributed by atoms with E-state index < -0.39 is 11.7 Å². The van der Waals surface area contributed by atoms with E-state index in [9.17, 15) is 15.0 Å². The molecule has 1 saturated heterocycles. The molecule has 0 spiro atoms. The summed E-state index contributed by atoms with van der Waals surface area (Å²) in [5.74, 6) is 0.365. The first kappa shape index (κ1) is 22.2. The number of benzene rings is 3. The van der Waals surface area contributed by atoms with Gasteiger partial charge in [0.25, 0.3) is 0 Å². The van der Waals surface area contributed by atoms with E-state index in [-0.39, 0.29) is 12.4 Å². The molecule has 32 heavy (non-hydrogen) atoms. The van der Waals surface area contributed by atoms with Crippen LogP contribution in [-0.2, 0) is 5.60 Å². The molecule has 0 radical (unpaired) electrons. The number of likely N-dealkylation sites (tertiary alicyclic amines) is 1.